The van der Waals surface area contributed by atoms with E-state index in [2.05, 4.69) is 22.2 Å². The lowest BCUT2D eigenvalue weighted by atomic mass is 10.1. The fourth-order valence-electron chi connectivity index (χ4n) is 4.61. The SMILES string of the molecule is C[C@@H]1CN(c2c(NC(=O)c3ccc(=O)n(-c4c(F)cccc4F)n3)ccc3nn(C(C)(C)C)cc23)C[C@@H]1N. The van der Waals surface area contributed by atoms with Crippen LogP contribution in [0.1, 0.15) is 38.2 Å². The molecule has 0 saturated carbocycles. The Morgan fingerprint density at radius 3 is 2.37 bits per heavy atom. The summed E-state index contributed by atoms with van der Waals surface area (Å²) in [6.07, 6.45) is 1.95. The number of hydrogen-bond acceptors (Lipinski definition) is 6. The van der Waals surface area contributed by atoms with Crippen LogP contribution in [0.15, 0.2) is 53.5 Å². The average Bonchev–Trinajstić information content (AvgIpc) is 3.43. The van der Waals surface area contributed by atoms with Gasteiger partial charge >= 0.3 is 0 Å². The molecule has 5 rings (SSSR count). The third-order valence-electron chi connectivity index (χ3n) is 6.77. The largest absolute Gasteiger partial charge is 0.367 e. The molecule has 1 saturated heterocycles. The van der Waals surface area contributed by atoms with Gasteiger partial charge in [0.05, 0.1) is 22.4 Å². The number of anilines is 2. The number of hydrogen-bond donors (Lipinski definition) is 2. The first-order chi connectivity index (χ1) is 17.9. The van der Waals surface area contributed by atoms with Crippen LogP contribution in [0.4, 0.5) is 20.2 Å². The Bertz CT molecular complexity index is 1580. The first-order valence-electron chi connectivity index (χ1n) is 12.3. The predicted molar refractivity (Wildman–Crippen MR) is 142 cm³/mol. The van der Waals surface area contributed by atoms with Gasteiger partial charge in [0, 0.05) is 36.8 Å². The summed E-state index contributed by atoms with van der Waals surface area (Å²) in [5.41, 5.74) is 6.51. The molecule has 0 aliphatic carbocycles. The van der Waals surface area contributed by atoms with Crippen LogP contribution < -0.4 is 21.5 Å². The molecular weight excluding hydrogens is 492 g/mol. The summed E-state index contributed by atoms with van der Waals surface area (Å²) in [5.74, 6) is -2.34. The summed E-state index contributed by atoms with van der Waals surface area (Å²) in [5, 5.41) is 12.4. The Morgan fingerprint density at radius 2 is 1.74 bits per heavy atom. The number of nitrogens with one attached hydrogen (secondary N) is 1. The molecule has 0 radical (unpaired) electrons. The Kier molecular flexibility index (Phi) is 6.26. The monoisotopic (exact) mass is 521 g/mol. The molecule has 1 aliphatic rings. The van der Waals surface area contributed by atoms with Gasteiger partial charge in [0.2, 0.25) is 0 Å². The van der Waals surface area contributed by atoms with E-state index in [1.165, 1.54) is 12.1 Å². The van der Waals surface area contributed by atoms with Crippen molar-refractivity contribution in [3.63, 3.8) is 0 Å². The number of nitrogens with two attached hydrogens (primary N) is 1. The average molecular weight is 522 g/mol. The maximum absolute atomic E-state index is 14.4. The van der Waals surface area contributed by atoms with E-state index in [1.54, 1.807) is 6.07 Å². The zero-order chi connectivity index (χ0) is 27.4. The van der Waals surface area contributed by atoms with Gasteiger partial charge in [-0.15, -0.1) is 0 Å². The van der Waals surface area contributed by atoms with E-state index in [-0.39, 0.29) is 23.2 Å². The van der Waals surface area contributed by atoms with E-state index in [9.17, 15) is 18.4 Å². The third kappa shape index (κ3) is 4.53. The van der Waals surface area contributed by atoms with Crippen molar-refractivity contribution in [2.45, 2.75) is 39.3 Å². The number of carbonyl (C=O) groups is 1. The number of nitrogens with zero attached hydrogens (tertiary/aromatic N) is 5. The molecule has 1 fully saturated rings. The molecule has 1 amide bonds. The highest BCUT2D eigenvalue weighted by atomic mass is 19.1. The molecule has 2 aromatic heterocycles. The first kappa shape index (κ1) is 25.5. The van der Waals surface area contributed by atoms with Crippen LogP contribution in [0.5, 0.6) is 0 Å². The lowest BCUT2D eigenvalue weighted by Gasteiger charge is -2.23. The Balaban J connectivity index is 1.57. The van der Waals surface area contributed by atoms with Crippen LogP contribution in [0.2, 0.25) is 0 Å². The quantitative estimate of drug-likeness (QED) is 0.424. The maximum Gasteiger partial charge on any atom is 0.276 e. The highest BCUT2D eigenvalue weighted by molar-refractivity contribution is 6.08. The fraction of sp³-hybridized carbons (Fsp3) is 0.333. The number of halogens is 2. The summed E-state index contributed by atoms with van der Waals surface area (Å²) in [6.45, 7) is 9.52. The lowest BCUT2D eigenvalue weighted by Crippen LogP contribution is -2.29. The number of para-hydroxylation sites is 1. The van der Waals surface area contributed by atoms with Crippen molar-refractivity contribution in [2.24, 2.45) is 11.7 Å². The second-order valence-corrected chi connectivity index (χ2v) is 10.7. The molecule has 0 unspecified atom stereocenters. The fourth-order valence-corrected chi connectivity index (χ4v) is 4.61. The smallest absolute Gasteiger partial charge is 0.276 e. The van der Waals surface area contributed by atoms with Crippen molar-refractivity contribution >= 4 is 28.2 Å². The Labute approximate surface area is 217 Å². The molecule has 0 bridgehead atoms. The van der Waals surface area contributed by atoms with Crippen LogP contribution >= 0.6 is 0 Å². The van der Waals surface area contributed by atoms with E-state index in [4.69, 9.17) is 10.8 Å². The van der Waals surface area contributed by atoms with Gasteiger partial charge in [-0.3, -0.25) is 14.3 Å². The molecule has 3 N–H and O–H groups in total. The first-order valence-corrected chi connectivity index (χ1v) is 12.3. The lowest BCUT2D eigenvalue weighted by molar-refractivity contribution is 0.102. The van der Waals surface area contributed by atoms with Gasteiger partial charge in [-0.1, -0.05) is 13.0 Å². The van der Waals surface area contributed by atoms with Crippen molar-refractivity contribution < 1.29 is 13.6 Å². The Morgan fingerprint density at radius 1 is 1.03 bits per heavy atom. The van der Waals surface area contributed by atoms with E-state index >= 15 is 0 Å². The molecule has 4 aromatic rings. The zero-order valence-electron chi connectivity index (χ0n) is 21.6. The summed E-state index contributed by atoms with van der Waals surface area (Å²) >= 11 is 0. The summed E-state index contributed by atoms with van der Waals surface area (Å²) in [7, 11) is 0. The number of rotatable bonds is 4. The van der Waals surface area contributed by atoms with Gasteiger partial charge in [0.1, 0.15) is 11.4 Å². The summed E-state index contributed by atoms with van der Waals surface area (Å²) in [6, 6.07) is 9.02. The van der Waals surface area contributed by atoms with E-state index < -0.39 is 28.8 Å². The van der Waals surface area contributed by atoms with Crippen LogP contribution in [0.25, 0.3) is 16.6 Å². The third-order valence-corrected chi connectivity index (χ3v) is 6.77. The summed E-state index contributed by atoms with van der Waals surface area (Å²) < 4.78 is 31.1. The van der Waals surface area contributed by atoms with E-state index in [0.29, 0.717) is 23.5 Å². The van der Waals surface area contributed by atoms with Gasteiger partial charge in [-0.2, -0.15) is 14.9 Å². The molecular formula is C27H29F2N7O2. The van der Waals surface area contributed by atoms with Crippen molar-refractivity contribution in [3.05, 3.63) is 76.3 Å². The highest BCUT2D eigenvalue weighted by Gasteiger charge is 2.31. The maximum atomic E-state index is 14.4. The minimum Gasteiger partial charge on any atom is -0.367 e. The number of carbonyl (C=O) groups excluding carboxylic acids is 1. The minimum absolute atomic E-state index is 0.0349. The number of amides is 1. The van der Waals surface area contributed by atoms with Crippen LogP contribution in [0, 0.1) is 17.6 Å². The molecule has 198 valence electrons. The standard InChI is InChI=1S/C27H29F2N7O2/c1-15-12-34(14-19(15)30)24-16-13-35(27(2,3)4)32-20(16)8-9-21(24)31-26(38)22-10-11-23(37)36(33-22)25-17(28)6-5-7-18(25)29/h5-11,13,15,19H,12,14,30H2,1-4H3,(H,31,38)/t15-,19+/m1/s1. The van der Waals surface area contributed by atoms with Gasteiger partial charge < -0.3 is 16.0 Å². The molecule has 0 spiro atoms. The molecule has 11 heteroatoms. The van der Waals surface area contributed by atoms with Gasteiger partial charge in [-0.05, 0) is 57.0 Å². The number of aromatic nitrogens is 4. The summed E-state index contributed by atoms with van der Waals surface area (Å²) in [4.78, 5) is 27.8. The van der Waals surface area contributed by atoms with E-state index in [0.717, 1.165) is 34.8 Å². The normalized spacial score (nSPS) is 17.8. The number of fused-ring (bicyclic) bond motifs is 1. The van der Waals surface area contributed by atoms with Crippen LogP contribution in [-0.4, -0.2) is 44.6 Å². The topological polar surface area (TPSA) is 111 Å². The Hall–Kier alpha value is -4.12. The van der Waals surface area contributed by atoms with Gasteiger partial charge in [0.25, 0.3) is 11.5 Å². The second-order valence-electron chi connectivity index (χ2n) is 10.7. The van der Waals surface area contributed by atoms with Crippen molar-refractivity contribution in [1.82, 2.24) is 19.6 Å². The highest BCUT2D eigenvalue weighted by Crippen LogP contribution is 2.38. The van der Waals surface area contributed by atoms with Crippen molar-refractivity contribution in [1.29, 1.82) is 0 Å². The van der Waals surface area contributed by atoms with E-state index in [1.807, 2.05) is 37.7 Å². The molecule has 38 heavy (non-hydrogen) atoms. The molecule has 3 heterocycles. The predicted octanol–water partition coefficient (Wildman–Crippen LogP) is 3.65. The zero-order valence-corrected chi connectivity index (χ0v) is 21.6. The minimum atomic E-state index is -0.972. The van der Waals surface area contributed by atoms with Gasteiger partial charge in [0.15, 0.2) is 11.6 Å². The molecule has 2 atom stereocenters. The van der Waals surface area contributed by atoms with Crippen LogP contribution in [-0.2, 0) is 5.54 Å². The molecule has 9 nitrogen and oxygen atoms in total. The number of benzene rings is 2. The van der Waals surface area contributed by atoms with Crippen molar-refractivity contribution in [2.75, 3.05) is 23.3 Å². The molecule has 2 aromatic carbocycles. The van der Waals surface area contributed by atoms with Gasteiger partial charge in [-0.25, -0.2) is 8.78 Å². The van der Waals surface area contributed by atoms with Crippen molar-refractivity contribution in [3.8, 4) is 5.69 Å². The van der Waals surface area contributed by atoms with Crippen LogP contribution in [0.3, 0.4) is 0 Å². The molecule has 1 aliphatic heterocycles. The second kappa shape index (κ2) is 9.32.